The second-order valence-electron chi connectivity index (χ2n) is 6.45. The number of carbonyl (C=O) groups excluding carboxylic acids is 1. The summed E-state index contributed by atoms with van der Waals surface area (Å²) in [6.07, 6.45) is 3.12. The van der Waals surface area contributed by atoms with Gasteiger partial charge in [-0.1, -0.05) is 6.07 Å². The van der Waals surface area contributed by atoms with Crippen LogP contribution in [-0.4, -0.2) is 51.1 Å². The van der Waals surface area contributed by atoms with E-state index in [0.717, 1.165) is 35.8 Å². The van der Waals surface area contributed by atoms with E-state index in [9.17, 15) is 9.90 Å². The molecule has 2 N–H and O–H groups in total. The minimum absolute atomic E-state index is 0.00461. The van der Waals surface area contributed by atoms with Gasteiger partial charge in [0, 0.05) is 37.1 Å². The molecule has 0 bridgehead atoms. The Morgan fingerprint density at radius 2 is 2.32 bits per heavy atom. The van der Waals surface area contributed by atoms with Crippen molar-refractivity contribution >= 4 is 17.2 Å². The molecule has 1 saturated heterocycles. The number of piperidine rings is 1. The molecule has 0 spiro atoms. The third-order valence-corrected chi connectivity index (χ3v) is 5.54. The van der Waals surface area contributed by atoms with E-state index in [2.05, 4.69) is 20.2 Å². The molecule has 6 nitrogen and oxygen atoms in total. The molecule has 0 radical (unpaired) electrons. The Bertz CT molecular complexity index is 691. The van der Waals surface area contributed by atoms with Crippen LogP contribution in [0.4, 0.5) is 0 Å². The van der Waals surface area contributed by atoms with Crippen LogP contribution >= 0.6 is 11.3 Å². The van der Waals surface area contributed by atoms with Crippen LogP contribution in [0.25, 0.3) is 0 Å². The number of aryl methyl sites for hydroxylation is 2. The van der Waals surface area contributed by atoms with Gasteiger partial charge in [0.25, 0.3) is 0 Å². The third-order valence-electron chi connectivity index (χ3n) is 4.55. The maximum atomic E-state index is 12.2. The van der Waals surface area contributed by atoms with Gasteiger partial charge >= 0.3 is 0 Å². The number of amides is 1. The van der Waals surface area contributed by atoms with Gasteiger partial charge in [-0.05, 0) is 31.9 Å². The lowest BCUT2D eigenvalue weighted by Crippen LogP contribution is -2.53. The maximum Gasteiger partial charge on any atom is 0.220 e. The third kappa shape index (κ3) is 5.07. The molecule has 134 valence electrons. The van der Waals surface area contributed by atoms with Crippen LogP contribution < -0.4 is 5.32 Å². The Kier molecular flexibility index (Phi) is 6.12. The molecule has 7 heteroatoms. The maximum absolute atomic E-state index is 12.2. The van der Waals surface area contributed by atoms with Crippen LogP contribution in [-0.2, 0) is 17.8 Å². The number of likely N-dealkylation sites (tertiary alicyclic amines) is 1. The Morgan fingerprint density at radius 1 is 1.44 bits per heavy atom. The summed E-state index contributed by atoms with van der Waals surface area (Å²) >= 11 is 1.59. The molecule has 0 aromatic carbocycles. The first-order valence-electron chi connectivity index (χ1n) is 8.60. The minimum Gasteiger partial charge on any atom is -0.390 e. The lowest BCUT2D eigenvalue weighted by atomic mass is 10.0. The van der Waals surface area contributed by atoms with E-state index in [1.807, 2.05) is 30.6 Å². The number of hydrogen-bond donors (Lipinski definition) is 2. The molecule has 2 aromatic rings. The van der Waals surface area contributed by atoms with Crippen LogP contribution in [0.5, 0.6) is 0 Å². The number of aliphatic hydroxyl groups is 1. The fourth-order valence-corrected chi connectivity index (χ4v) is 3.88. The number of rotatable bonds is 6. The molecule has 3 heterocycles. The first-order valence-corrected chi connectivity index (χ1v) is 9.48. The van der Waals surface area contributed by atoms with Gasteiger partial charge in [0.2, 0.25) is 5.91 Å². The Balaban J connectivity index is 1.43. The number of β-amino-alcohol motifs (C(OH)–C–C–N with tert-alkyl or cyclic N) is 1. The number of aliphatic hydroxyl groups excluding tert-OH is 1. The molecule has 1 fully saturated rings. The topological polar surface area (TPSA) is 78.4 Å². The first-order chi connectivity index (χ1) is 12.1. The van der Waals surface area contributed by atoms with Crippen LogP contribution in [0, 0.1) is 6.92 Å². The van der Waals surface area contributed by atoms with Crippen molar-refractivity contribution in [1.29, 1.82) is 0 Å². The minimum atomic E-state index is -0.549. The van der Waals surface area contributed by atoms with E-state index in [1.165, 1.54) is 0 Å². The molecule has 0 aliphatic carbocycles. The fourth-order valence-electron chi connectivity index (χ4n) is 3.10. The summed E-state index contributed by atoms with van der Waals surface area (Å²) in [6, 6.07) is 5.68. The lowest BCUT2D eigenvalue weighted by Gasteiger charge is -2.36. The van der Waals surface area contributed by atoms with Crippen molar-refractivity contribution in [2.75, 3.05) is 13.1 Å². The summed E-state index contributed by atoms with van der Waals surface area (Å²) in [5.41, 5.74) is 3.81. The predicted octanol–water partition coefficient (Wildman–Crippen LogP) is 1.53. The Hall–Kier alpha value is -1.83. The SMILES string of the molecule is Cc1ncsc1CCC(=O)N[C@@H]1CCN(Cc2ccccn2)C[C@H]1O. The van der Waals surface area contributed by atoms with Crippen LogP contribution in [0.15, 0.2) is 29.9 Å². The van der Waals surface area contributed by atoms with Gasteiger partial charge in [-0.15, -0.1) is 11.3 Å². The number of pyridine rings is 1. The number of carbonyl (C=O) groups is 1. The summed E-state index contributed by atoms with van der Waals surface area (Å²) in [6.45, 7) is 4.08. The highest BCUT2D eigenvalue weighted by molar-refractivity contribution is 7.09. The average molecular weight is 360 g/mol. The van der Waals surface area contributed by atoms with Gasteiger partial charge in [0.15, 0.2) is 0 Å². The highest BCUT2D eigenvalue weighted by atomic mass is 32.1. The van der Waals surface area contributed by atoms with Gasteiger partial charge in [-0.3, -0.25) is 14.7 Å². The highest BCUT2D eigenvalue weighted by Gasteiger charge is 2.28. The number of hydrogen-bond acceptors (Lipinski definition) is 6. The van der Waals surface area contributed by atoms with Crippen molar-refractivity contribution in [3.63, 3.8) is 0 Å². The zero-order chi connectivity index (χ0) is 17.6. The van der Waals surface area contributed by atoms with E-state index < -0.39 is 6.10 Å². The van der Waals surface area contributed by atoms with E-state index in [1.54, 1.807) is 17.5 Å². The Labute approximate surface area is 151 Å². The molecule has 1 aliphatic rings. The fraction of sp³-hybridized carbons (Fsp3) is 0.500. The zero-order valence-corrected chi connectivity index (χ0v) is 15.2. The summed E-state index contributed by atoms with van der Waals surface area (Å²) in [5, 5.41) is 13.4. The number of thiazole rings is 1. The largest absolute Gasteiger partial charge is 0.390 e. The van der Waals surface area contributed by atoms with Crippen molar-refractivity contribution < 1.29 is 9.90 Å². The molecule has 1 aliphatic heterocycles. The van der Waals surface area contributed by atoms with Gasteiger partial charge in [-0.25, -0.2) is 4.98 Å². The van der Waals surface area contributed by atoms with Gasteiger partial charge in [-0.2, -0.15) is 0 Å². The van der Waals surface area contributed by atoms with Crippen molar-refractivity contribution in [1.82, 2.24) is 20.2 Å². The molecule has 2 aromatic heterocycles. The first kappa shape index (κ1) is 18.0. The molecule has 0 unspecified atom stereocenters. The van der Waals surface area contributed by atoms with E-state index in [-0.39, 0.29) is 11.9 Å². The summed E-state index contributed by atoms with van der Waals surface area (Å²) in [5.74, 6) is -0.00461. The summed E-state index contributed by atoms with van der Waals surface area (Å²) in [7, 11) is 0. The van der Waals surface area contributed by atoms with Crippen molar-refractivity contribution in [3.05, 3.63) is 46.2 Å². The molecular weight excluding hydrogens is 336 g/mol. The summed E-state index contributed by atoms with van der Waals surface area (Å²) < 4.78 is 0. The van der Waals surface area contributed by atoms with Crippen molar-refractivity contribution in [2.45, 2.75) is 44.9 Å². The molecule has 3 rings (SSSR count). The molecule has 0 saturated carbocycles. The quantitative estimate of drug-likeness (QED) is 0.817. The molecule has 2 atom stereocenters. The predicted molar refractivity (Wildman–Crippen MR) is 97.2 cm³/mol. The van der Waals surface area contributed by atoms with E-state index in [0.29, 0.717) is 19.4 Å². The average Bonchev–Trinajstić information content (AvgIpc) is 3.01. The van der Waals surface area contributed by atoms with E-state index in [4.69, 9.17) is 0 Å². The van der Waals surface area contributed by atoms with Crippen LogP contribution in [0.3, 0.4) is 0 Å². The normalized spacial score (nSPS) is 21.2. The monoisotopic (exact) mass is 360 g/mol. The smallest absolute Gasteiger partial charge is 0.220 e. The van der Waals surface area contributed by atoms with Gasteiger partial charge in [0.05, 0.1) is 29.0 Å². The van der Waals surface area contributed by atoms with E-state index >= 15 is 0 Å². The van der Waals surface area contributed by atoms with Gasteiger partial charge in [0.1, 0.15) is 0 Å². The lowest BCUT2D eigenvalue weighted by molar-refractivity contribution is -0.123. The second-order valence-corrected chi connectivity index (χ2v) is 7.39. The number of nitrogens with one attached hydrogen (secondary N) is 1. The summed E-state index contributed by atoms with van der Waals surface area (Å²) in [4.78, 5) is 24.0. The molecule has 1 amide bonds. The molecule has 25 heavy (non-hydrogen) atoms. The van der Waals surface area contributed by atoms with Crippen LogP contribution in [0.2, 0.25) is 0 Å². The Morgan fingerprint density at radius 3 is 3.00 bits per heavy atom. The van der Waals surface area contributed by atoms with Crippen molar-refractivity contribution in [2.24, 2.45) is 0 Å². The van der Waals surface area contributed by atoms with Crippen molar-refractivity contribution in [3.8, 4) is 0 Å². The zero-order valence-electron chi connectivity index (χ0n) is 14.4. The standard InChI is InChI=1S/C18H24N4O2S/c1-13-17(25-12-20-13)5-6-18(24)21-15-7-9-22(11-16(15)23)10-14-4-2-3-8-19-14/h2-4,8,12,15-16,23H,5-7,9-11H2,1H3,(H,21,24)/t15-,16-/m1/s1. The van der Waals surface area contributed by atoms with Gasteiger partial charge < -0.3 is 10.4 Å². The number of nitrogens with zero attached hydrogens (tertiary/aromatic N) is 3. The highest BCUT2D eigenvalue weighted by Crippen LogP contribution is 2.16. The molecular formula is C18H24N4O2S. The second kappa shape index (κ2) is 8.51. The van der Waals surface area contributed by atoms with Crippen LogP contribution in [0.1, 0.15) is 29.1 Å². The number of aromatic nitrogens is 2.